The lowest BCUT2D eigenvalue weighted by molar-refractivity contribution is 0.0932. The van der Waals surface area contributed by atoms with Crippen LogP contribution in [-0.4, -0.2) is 20.7 Å². The minimum absolute atomic E-state index is 0.264. The van der Waals surface area contributed by atoms with Crippen molar-refractivity contribution >= 4 is 40.4 Å². The van der Waals surface area contributed by atoms with Gasteiger partial charge in [0, 0.05) is 0 Å². The summed E-state index contributed by atoms with van der Waals surface area (Å²) in [7, 11) is 0. The van der Waals surface area contributed by atoms with Crippen LogP contribution in [-0.2, 0) is 6.54 Å². The number of carbonyl (C=O) groups excluding carboxylic acids is 1. The van der Waals surface area contributed by atoms with Gasteiger partial charge in [0.1, 0.15) is 17.0 Å². The smallest absolute Gasteiger partial charge is 0.254 e. The molecule has 0 spiro atoms. The van der Waals surface area contributed by atoms with Crippen LogP contribution < -0.4 is 5.32 Å². The Bertz CT molecular complexity index is 789. The van der Waals surface area contributed by atoms with Gasteiger partial charge in [0.05, 0.1) is 22.5 Å². The number of nitrogens with one attached hydrogen (secondary N) is 1. The average Bonchev–Trinajstić information content (AvgIpc) is 3.17. The molecule has 5 nitrogen and oxygen atoms in total. The lowest BCUT2D eigenvalue weighted by Crippen LogP contribution is -2.31. The zero-order valence-electron chi connectivity index (χ0n) is 11.8. The van der Waals surface area contributed by atoms with Crippen LogP contribution in [0.1, 0.15) is 22.0 Å². The van der Waals surface area contributed by atoms with Crippen LogP contribution in [0.15, 0.2) is 49.1 Å². The second-order valence-electron chi connectivity index (χ2n) is 4.79. The molecular weight excluding hydrogens is 355 g/mol. The maximum absolute atomic E-state index is 12.5. The normalized spacial score (nSPS) is 12.1. The summed E-state index contributed by atoms with van der Waals surface area (Å²) >= 11 is 13.1. The summed E-state index contributed by atoms with van der Waals surface area (Å²) in [6.45, 7) is 0.464. The predicted octanol–water partition coefficient (Wildman–Crippen LogP) is 3.82. The highest BCUT2D eigenvalue weighted by atomic mass is 35.5. The van der Waals surface area contributed by atoms with Crippen molar-refractivity contribution in [3.63, 3.8) is 0 Å². The maximum Gasteiger partial charge on any atom is 0.254 e. The van der Waals surface area contributed by atoms with Crippen molar-refractivity contribution in [1.82, 2.24) is 20.1 Å². The first kappa shape index (κ1) is 16.0. The van der Waals surface area contributed by atoms with E-state index in [2.05, 4.69) is 15.4 Å². The molecule has 2 heterocycles. The fourth-order valence-corrected chi connectivity index (χ4v) is 3.62. The Morgan fingerprint density at radius 1 is 1.30 bits per heavy atom. The molecule has 0 bridgehead atoms. The van der Waals surface area contributed by atoms with Crippen molar-refractivity contribution in [3.05, 3.63) is 68.9 Å². The van der Waals surface area contributed by atoms with Gasteiger partial charge in [-0.25, -0.2) is 4.98 Å². The number of halogens is 2. The molecule has 0 aliphatic heterocycles. The monoisotopic (exact) mass is 366 g/mol. The lowest BCUT2D eigenvalue weighted by atomic mass is 10.1. The van der Waals surface area contributed by atoms with Gasteiger partial charge in [-0.3, -0.25) is 9.48 Å². The summed E-state index contributed by atoms with van der Waals surface area (Å²) < 4.78 is 2.52. The van der Waals surface area contributed by atoms with Gasteiger partial charge in [0.15, 0.2) is 0 Å². The van der Waals surface area contributed by atoms with Gasteiger partial charge in [-0.15, -0.1) is 11.3 Å². The van der Waals surface area contributed by atoms with Crippen LogP contribution in [0.4, 0.5) is 0 Å². The van der Waals surface area contributed by atoms with Gasteiger partial charge in [-0.05, 0) is 11.6 Å². The van der Waals surface area contributed by atoms with E-state index in [9.17, 15) is 4.79 Å². The molecule has 2 aromatic heterocycles. The van der Waals surface area contributed by atoms with Gasteiger partial charge in [0.2, 0.25) is 0 Å². The van der Waals surface area contributed by atoms with Crippen LogP contribution >= 0.6 is 34.5 Å². The summed E-state index contributed by atoms with van der Waals surface area (Å²) in [4.78, 5) is 16.4. The molecule has 1 amide bonds. The fourth-order valence-electron chi connectivity index (χ4n) is 2.16. The van der Waals surface area contributed by atoms with Gasteiger partial charge >= 0.3 is 0 Å². The number of hydrogen-bond donors (Lipinski definition) is 1. The standard InChI is InChI=1S/C15H12Cl2N4OS/c16-13-6-11(14(17)23-13)15(22)20-12(7-21-9-18-8-19-21)10-4-2-1-3-5-10/h1-6,8-9,12H,7H2,(H,20,22)/t12-/m1/s1. The highest BCUT2D eigenvalue weighted by Gasteiger charge is 2.20. The van der Waals surface area contributed by atoms with Crippen LogP contribution in [0.5, 0.6) is 0 Å². The van der Waals surface area contributed by atoms with E-state index in [-0.39, 0.29) is 11.9 Å². The van der Waals surface area contributed by atoms with Crippen molar-refractivity contribution in [2.45, 2.75) is 12.6 Å². The molecule has 1 N–H and O–H groups in total. The van der Waals surface area contributed by atoms with E-state index in [1.807, 2.05) is 30.3 Å². The Balaban J connectivity index is 1.83. The molecule has 0 fully saturated rings. The van der Waals surface area contributed by atoms with E-state index < -0.39 is 0 Å². The Morgan fingerprint density at radius 2 is 2.09 bits per heavy atom. The predicted molar refractivity (Wildman–Crippen MR) is 91.0 cm³/mol. The Morgan fingerprint density at radius 3 is 2.70 bits per heavy atom. The van der Waals surface area contributed by atoms with Crippen LogP contribution in [0.3, 0.4) is 0 Å². The third-order valence-corrected chi connectivity index (χ3v) is 4.73. The molecule has 3 rings (SSSR count). The zero-order valence-corrected chi connectivity index (χ0v) is 14.1. The second-order valence-corrected chi connectivity index (χ2v) is 7.08. The molecule has 0 aliphatic rings. The summed E-state index contributed by atoms with van der Waals surface area (Å²) in [5.74, 6) is -0.271. The van der Waals surface area contributed by atoms with E-state index in [1.165, 1.54) is 17.7 Å². The minimum atomic E-state index is -0.271. The van der Waals surface area contributed by atoms with Crippen LogP contribution in [0.2, 0.25) is 8.67 Å². The van der Waals surface area contributed by atoms with Crippen LogP contribution in [0.25, 0.3) is 0 Å². The molecule has 1 atom stereocenters. The number of hydrogen-bond acceptors (Lipinski definition) is 4. The topological polar surface area (TPSA) is 59.8 Å². The van der Waals surface area contributed by atoms with E-state index in [4.69, 9.17) is 23.2 Å². The van der Waals surface area contributed by atoms with E-state index in [1.54, 1.807) is 17.1 Å². The van der Waals surface area contributed by atoms with Gasteiger partial charge < -0.3 is 5.32 Å². The van der Waals surface area contributed by atoms with Crippen molar-refractivity contribution < 1.29 is 4.79 Å². The fraction of sp³-hybridized carbons (Fsp3) is 0.133. The molecule has 3 aromatic rings. The first-order valence-corrected chi connectivity index (χ1v) is 8.34. The molecule has 0 saturated carbocycles. The maximum atomic E-state index is 12.5. The summed E-state index contributed by atoms with van der Waals surface area (Å²) in [5, 5.41) is 7.07. The molecule has 8 heteroatoms. The van der Waals surface area contributed by atoms with E-state index >= 15 is 0 Å². The zero-order chi connectivity index (χ0) is 16.2. The Kier molecular flexibility index (Phi) is 4.95. The number of aromatic nitrogens is 3. The summed E-state index contributed by atoms with van der Waals surface area (Å²) in [5.41, 5.74) is 1.34. The number of carbonyl (C=O) groups is 1. The molecule has 0 radical (unpaired) electrons. The minimum Gasteiger partial charge on any atom is -0.343 e. The number of thiophene rings is 1. The molecular formula is C15H12Cl2N4OS. The largest absolute Gasteiger partial charge is 0.343 e. The van der Waals surface area contributed by atoms with E-state index in [0.717, 1.165) is 5.56 Å². The molecule has 118 valence electrons. The first-order valence-electron chi connectivity index (χ1n) is 6.76. The molecule has 0 unspecified atom stereocenters. The highest BCUT2D eigenvalue weighted by Crippen LogP contribution is 2.31. The molecule has 0 aliphatic carbocycles. The SMILES string of the molecule is O=C(N[C@H](Cn1cncn1)c1ccccc1)c1cc(Cl)sc1Cl. The number of nitrogens with zero attached hydrogens (tertiary/aromatic N) is 3. The van der Waals surface area contributed by atoms with Crippen LogP contribution in [0, 0.1) is 0 Å². The number of rotatable bonds is 5. The van der Waals surface area contributed by atoms with Gasteiger partial charge in [-0.2, -0.15) is 5.10 Å². The molecule has 23 heavy (non-hydrogen) atoms. The Hall–Kier alpha value is -1.89. The van der Waals surface area contributed by atoms with Crippen molar-refractivity contribution in [3.8, 4) is 0 Å². The van der Waals surface area contributed by atoms with Crippen molar-refractivity contribution in [2.24, 2.45) is 0 Å². The van der Waals surface area contributed by atoms with Gasteiger partial charge in [-0.1, -0.05) is 53.5 Å². The first-order chi connectivity index (χ1) is 11.1. The second kappa shape index (κ2) is 7.12. The quantitative estimate of drug-likeness (QED) is 0.746. The number of benzene rings is 1. The highest BCUT2D eigenvalue weighted by molar-refractivity contribution is 7.20. The third-order valence-electron chi connectivity index (χ3n) is 3.24. The Labute approximate surface area is 146 Å². The molecule has 1 aromatic carbocycles. The van der Waals surface area contributed by atoms with Crippen molar-refractivity contribution in [1.29, 1.82) is 0 Å². The molecule has 0 saturated heterocycles. The van der Waals surface area contributed by atoms with Crippen molar-refractivity contribution in [2.75, 3.05) is 0 Å². The lowest BCUT2D eigenvalue weighted by Gasteiger charge is -2.19. The average molecular weight is 367 g/mol. The third kappa shape index (κ3) is 3.90. The van der Waals surface area contributed by atoms with E-state index in [0.29, 0.717) is 20.8 Å². The summed E-state index contributed by atoms with van der Waals surface area (Å²) in [6, 6.07) is 11.0. The number of amides is 1. The van der Waals surface area contributed by atoms with Gasteiger partial charge in [0.25, 0.3) is 5.91 Å². The summed E-state index contributed by atoms with van der Waals surface area (Å²) in [6.07, 6.45) is 3.07.